The molecule has 0 saturated heterocycles. The average molecular weight is 371 g/mol. The topological polar surface area (TPSA) is 50.9 Å². The van der Waals surface area contributed by atoms with Gasteiger partial charge in [-0.15, -0.1) is 5.10 Å². The summed E-state index contributed by atoms with van der Waals surface area (Å²) < 4.78 is 2.86. The summed E-state index contributed by atoms with van der Waals surface area (Å²) in [5.74, 6) is 0. The van der Waals surface area contributed by atoms with Crippen LogP contribution < -0.4 is 0 Å². The second-order valence-corrected chi connectivity index (χ2v) is 5.59. The molecule has 1 aromatic heterocycles. The number of unbranched alkanes of at least 4 members (excludes halogenated alkanes) is 1. The first-order valence-electron chi connectivity index (χ1n) is 6.48. The fourth-order valence-corrected chi connectivity index (χ4v) is 2.78. The Bertz CT molecular complexity index is 566. The number of aliphatic hydroxyl groups is 1. The van der Waals surface area contributed by atoms with Crippen molar-refractivity contribution in [3.8, 4) is 5.69 Å². The molecule has 2 rings (SSSR count). The Morgan fingerprint density at radius 1 is 1.37 bits per heavy atom. The first kappa shape index (κ1) is 14.5. The van der Waals surface area contributed by atoms with Gasteiger partial charge < -0.3 is 5.11 Å². The zero-order valence-electron chi connectivity index (χ0n) is 11.2. The molecule has 0 radical (unpaired) electrons. The molecule has 4 nitrogen and oxygen atoms in total. The van der Waals surface area contributed by atoms with Crippen LogP contribution in [0.2, 0.25) is 0 Å². The lowest BCUT2D eigenvalue weighted by Gasteiger charge is -2.10. The number of aliphatic hydroxyl groups excluding tert-OH is 1. The average Bonchev–Trinajstić information content (AvgIpc) is 2.77. The van der Waals surface area contributed by atoms with Crippen molar-refractivity contribution in [2.75, 3.05) is 0 Å². The van der Waals surface area contributed by atoms with E-state index >= 15 is 0 Å². The van der Waals surface area contributed by atoms with Crippen LogP contribution in [0.4, 0.5) is 0 Å². The van der Waals surface area contributed by atoms with Gasteiger partial charge in [-0.3, -0.25) is 0 Å². The van der Waals surface area contributed by atoms with Crippen molar-refractivity contribution in [3.05, 3.63) is 38.7 Å². The number of hydrogen-bond acceptors (Lipinski definition) is 3. The molecule has 0 amide bonds. The molecular formula is C14H18IN3O. The Balaban J connectivity index is 2.42. The summed E-state index contributed by atoms with van der Waals surface area (Å²) in [7, 11) is 0. The minimum atomic E-state index is 0.0161. The third-order valence-corrected chi connectivity index (χ3v) is 4.30. The van der Waals surface area contributed by atoms with Gasteiger partial charge in [0.15, 0.2) is 0 Å². The molecule has 1 heterocycles. The minimum Gasteiger partial charge on any atom is -0.392 e. The van der Waals surface area contributed by atoms with Crippen molar-refractivity contribution in [1.82, 2.24) is 15.0 Å². The number of nitrogens with zero attached hydrogens (tertiary/aromatic N) is 3. The molecule has 0 bridgehead atoms. The Labute approximate surface area is 127 Å². The number of aryl methyl sites for hydroxylation is 2. The third-order valence-electron chi connectivity index (χ3n) is 3.22. The second-order valence-electron chi connectivity index (χ2n) is 4.57. The Morgan fingerprint density at radius 2 is 2.16 bits per heavy atom. The molecule has 0 aliphatic heterocycles. The van der Waals surface area contributed by atoms with Crippen LogP contribution in [0.1, 0.15) is 36.6 Å². The van der Waals surface area contributed by atoms with E-state index in [-0.39, 0.29) is 6.61 Å². The molecule has 0 unspecified atom stereocenters. The molecule has 102 valence electrons. The molecule has 0 spiro atoms. The quantitative estimate of drug-likeness (QED) is 0.823. The van der Waals surface area contributed by atoms with Crippen molar-refractivity contribution in [2.45, 2.75) is 39.7 Å². The van der Waals surface area contributed by atoms with Gasteiger partial charge in [0.2, 0.25) is 0 Å². The van der Waals surface area contributed by atoms with Crippen LogP contribution in [0.3, 0.4) is 0 Å². The van der Waals surface area contributed by atoms with Crippen LogP contribution in [-0.4, -0.2) is 20.1 Å². The first-order valence-corrected chi connectivity index (χ1v) is 7.56. The van der Waals surface area contributed by atoms with Crippen LogP contribution >= 0.6 is 22.6 Å². The predicted octanol–water partition coefficient (Wildman–Crippen LogP) is 3.02. The standard InChI is InChI=1S/C14H18IN3O/c1-3-4-7-12-14(15)18(17-16-12)13-8-5-6-10(2)11(13)9-19/h5-6,8,19H,3-4,7,9H2,1-2H3. The van der Waals surface area contributed by atoms with E-state index in [1.807, 2.05) is 29.8 Å². The van der Waals surface area contributed by atoms with Gasteiger partial charge in [0.1, 0.15) is 3.70 Å². The van der Waals surface area contributed by atoms with Gasteiger partial charge in [-0.2, -0.15) is 0 Å². The Morgan fingerprint density at radius 3 is 2.84 bits per heavy atom. The molecule has 0 atom stereocenters. The lowest BCUT2D eigenvalue weighted by Crippen LogP contribution is -2.05. The molecule has 1 aromatic carbocycles. The van der Waals surface area contributed by atoms with Crippen molar-refractivity contribution < 1.29 is 5.11 Å². The maximum Gasteiger partial charge on any atom is 0.128 e. The van der Waals surface area contributed by atoms with Crippen LogP contribution in [0.15, 0.2) is 18.2 Å². The lowest BCUT2D eigenvalue weighted by atomic mass is 10.1. The fourth-order valence-electron chi connectivity index (χ4n) is 2.04. The molecule has 19 heavy (non-hydrogen) atoms. The number of aromatic nitrogens is 3. The van der Waals surface area contributed by atoms with Gasteiger partial charge in [0.25, 0.3) is 0 Å². The van der Waals surface area contributed by atoms with E-state index in [0.29, 0.717) is 0 Å². The highest BCUT2D eigenvalue weighted by Crippen LogP contribution is 2.22. The molecule has 2 aromatic rings. The van der Waals surface area contributed by atoms with Gasteiger partial charge in [0, 0.05) is 5.56 Å². The zero-order valence-corrected chi connectivity index (χ0v) is 13.4. The van der Waals surface area contributed by atoms with Crippen molar-refractivity contribution >= 4 is 22.6 Å². The van der Waals surface area contributed by atoms with Crippen LogP contribution in [0, 0.1) is 10.6 Å². The van der Waals surface area contributed by atoms with E-state index in [4.69, 9.17) is 0 Å². The molecule has 0 aliphatic carbocycles. The number of benzene rings is 1. The smallest absolute Gasteiger partial charge is 0.128 e. The maximum absolute atomic E-state index is 9.54. The van der Waals surface area contributed by atoms with Crippen LogP contribution in [0.25, 0.3) is 5.69 Å². The number of halogens is 1. The minimum absolute atomic E-state index is 0.0161. The summed E-state index contributed by atoms with van der Waals surface area (Å²) in [6.07, 6.45) is 3.22. The third kappa shape index (κ3) is 2.97. The number of hydrogen-bond donors (Lipinski definition) is 1. The first-order chi connectivity index (χ1) is 9.19. The summed E-state index contributed by atoms with van der Waals surface area (Å²) in [6.45, 7) is 4.18. The zero-order chi connectivity index (χ0) is 13.8. The van der Waals surface area contributed by atoms with E-state index in [1.165, 1.54) is 0 Å². The molecule has 0 aliphatic rings. The fraction of sp³-hybridized carbons (Fsp3) is 0.429. The van der Waals surface area contributed by atoms with Crippen LogP contribution in [-0.2, 0) is 13.0 Å². The SMILES string of the molecule is CCCCc1nnn(-c2cccc(C)c2CO)c1I. The highest BCUT2D eigenvalue weighted by atomic mass is 127. The molecule has 5 heteroatoms. The van der Waals surface area contributed by atoms with Crippen molar-refractivity contribution in [2.24, 2.45) is 0 Å². The largest absolute Gasteiger partial charge is 0.392 e. The van der Waals surface area contributed by atoms with E-state index < -0.39 is 0 Å². The predicted molar refractivity (Wildman–Crippen MR) is 83.3 cm³/mol. The Hall–Kier alpha value is -0.950. The molecule has 1 N–H and O–H groups in total. The van der Waals surface area contributed by atoms with Gasteiger partial charge in [-0.1, -0.05) is 30.7 Å². The maximum atomic E-state index is 9.54. The summed E-state index contributed by atoms with van der Waals surface area (Å²) in [4.78, 5) is 0. The van der Waals surface area contributed by atoms with Crippen LogP contribution in [0.5, 0.6) is 0 Å². The van der Waals surface area contributed by atoms with E-state index in [2.05, 4.69) is 39.8 Å². The normalized spacial score (nSPS) is 10.9. The molecule has 0 saturated carbocycles. The van der Waals surface area contributed by atoms with Gasteiger partial charge >= 0.3 is 0 Å². The second kappa shape index (κ2) is 6.47. The van der Waals surface area contributed by atoms with E-state index in [1.54, 1.807) is 0 Å². The summed E-state index contributed by atoms with van der Waals surface area (Å²) in [5.41, 5.74) is 3.93. The van der Waals surface area contributed by atoms with Gasteiger partial charge in [-0.25, -0.2) is 4.68 Å². The Kier molecular flexibility index (Phi) is 4.93. The van der Waals surface area contributed by atoms with Gasteiger partial charge in [-0.05, 0) is 54.0 Å². The number of rotatable bonds is 5. The highest BCUT2D eigenvalue weighted by molar-refractivity contribution is 14.1. The molecular weight excluding hydrogens is 353 g/mol. The highest BCUT2D eigenvalue weighted by Gasteiger charge is 2.14. The monoisotopic (exact) mass is 371 g/mol. The summed E-state index contributed by atoms with van der Waals surface area (Å²) in [5, 5.41) is 18.0. The lowest BCUT2D eigenvalue weighted by molar-refractivity contribution is 0.280. The van der Waals surface area contributed by atoms with E-state index in [9.17, 15) is 5.11 Å². The summed E-state index contributed by atoms with van der Waals surface area (Å²) in [6, 6.07) is 5.95. The van der Waals surface area contributed by atoms with Crippen molar-refractivity contribution in [1.29, 1.82) is 0 Å². The molecule has 0 fully saturated rings. The van der Waals surface area contributed by atoms with E-state index in [0.717, 1.165) is 45.5 Å². The summed E-state index contributed by atoms with van der Waals surface area (Å²) >= 11 is 2.28. The van der Waals surface area contributed by atoms with Gasteiger partial charge in [0.05, 0.1) is 18.0 Å². The van der Waals surface area contributed by atoms with Crippen molar-refractivity contribution in [3.63, 3.8) is 0 Å².